The van der Waals surface area contributed by atoms with Crippen LogP contribution in [0.2, 0.25) is 10.0 Å². The van der Waals surface area contributed by atoms with Gasteiger partial charge in [-0.1, -0.05) is 41.4 Å². The van der Waals surface area contributed by atoms with E-state index < -0.39 is 0 Å². The van der Waals surface area contributed by atoms with Gasteiger partial charge in [0.05, 0.1) is 21.8 Å². The number of hydrazine groups is 1. The van der Waals surface area contributed by atoms with Crippen LogP contribution in [0.25, 0.3) is 10.1 Å². The van der Waals surface area contributed by atoms with Crippen LogP contribution in [0.5, 0.6) is 0 Å². The van der Waals surface area contributed by atoms with Gasteiger partial charge in [-0.15, -0.1) is 11.3 Å². The van der Waals surface area contributed by atoms with Crippen LogP contribution in [-0.2, 0) is 0 Å². The monoisotopic (exact) mass is 323 g/mol. The first kappa shape index (κ1) is 13.8. The Balaban J connectivity index is 2.16. The first-order valence-electron chi connectivity index (χ1n) is 5.94. The molecule has 0 spiro atoms. The maximum Gasteiger partial charge on any atom is 0.0910 e. The SMILES string of the molecule is NNC(c1ncc(Cl)cc1Cl)c1cccc2ccsc12. The number of nitrogens with one attached hydrogen (secondary N) is 1. The maximum absolute atomic E-state index is 6.24. The second kappa shape index (κ2) is 5.68. The van der Waals surface area contributed by atoms with Gasteiger partial charge in [0, 0.05) is 10.9 Å². The molecule has 0 fully saturated rings. The molecule has 1 unspecified atom stereocenters. The number of fused-ring (bicyclic) bond motifs is 1. The number of thiophene rings is 1. The van der Waals surface area contributed by atoms with E-state index in [1.54, 1.807) is 23.6 Å². The van der Waals surface area contributed by atoms with Crippen molar-refractivity contribution < 1.29 is 0 Å². The predicted octanol–water partition coefficient (Wildman–Crippen LogP) is 4.16. The lowest BCUT2D eigenvalue weighted by Crippen LogP contribution is -2.29. The van der Waals surface area contributed by atoms with Gasteiger partial charge in [-0.25, -0.2) is 5.43 Å². The second-order valence-corrected chi connectivity index (χ2v) is 6.07. The number of aromatic nitrogens is 1. The van der Waals surface area contributed by atoms with Gasteiger partial charge in [0.1, 0.15) is 0 Å². The number of nitrogens with zero attached hydrogens (tertiary/aromatic N) is 1. The van der Waals surface area contributed by atoms with Crippen LogP contribution >= 0.6 is 34.5 Å². The normalized spacial score (nSPS) is 12.8. The molecular formula is C14H11Cl2N3S. The highest BCUT2D eigenvalue weighted by molar-refractivity contribution is 7.17. The van der Waals surface area contributed by atoms with E-state index in [0.717, 1.165) is 5.56 Å². The first-order valence-corrected chi connectivity index (χ1v) is 7.57. The Morgan fingerprint density at radius 3 is 2.85 bits per heavy atom. The van der Waals surface area contributed by atoms with Crippen molar-refractivity contribution >= 4 is 44.6 Å². The standard InChI is InChI=1S/C14H11Cl2N3S/c15-9-6-11(16)13(18-7-9)12(19-17)10-3-1-2-8-4-5-20-14(8)10/h1-7,12,19H,17H2. The van der Waals surface area contributed by atoms with E-state index in [1.165, 1.54) is 10.1 Å². The summed E-state index contributed by atoms with van der Waals surface area (Å²) in [4.78, 5) is 4.31. The van der Waals surface area contributed by atoms with E-state index in [1.807, 2.05) is 12.1 Å². The van der Waals surface area contributed by atoms with Crippen molar-refractivity contribution in [3.63, 3.8) is 0 Å². The second-order valence-electron chi connectivity index (χ2n) is 4.31. The Morgan fingerprint density at radius 2 is 2.10 bits per heavy atom. The number of hydrogen-bond donors (Lipinski definition) is 2. The topological polar surface area (TPSA) is 50.9 Å². The summed E-state index contributed by atoms with van der Waals surface area (Å²) >= 11 is 13.8. The van der Waals surface area contributed by atoms with E-state index >= 15 is 0 Å². The molecule has 0 saturated carbocycles. The average Bonchev–Trinajstić information content (AvgIpc) is 2.91. The molecule has 20 heavy (non-hydrogen) atoms. The largest absolute Gasteiger partial charge is 0.271 e. The van der Waals surface area contributed by atoms with Crippen LogP contribution in [0.3, 0.4) is 0 Å². The van der Waals surface area contributed by atoms with Gasteiger partial charge in [0.2, 0.25) is 0 Å². The third kappa shape index (κ3) is 2.41. The number of nitrogens with two attached hydrogens (primary N) is 1. The van der Waals surface area contributed by atoms with E-state index in [-0.39, 0.29) is 6.04 Å². The summed E-state index contributed by atoms with van der Waals surface area (Å²) in [6.07, 6.45) is 1.57. The maximum atomic E-state index is 6.24. The molecule has 2 heterocycles. The Labute approximate surface area is 130 Å². The van der Waals surface area contributed by atoms with E-state index in [2.05, 4.69) is 27.9 Å². The minimum atomic E-state index is -0.276. The summed E-state index contributed by atoms with van der Waals surface area (Å²) in [5.41, 5.74) is 4.51. The van der Waals surface area contributed by atoms with Crippen LogP contribution in [0, 0.1) is 0 Å². The summed E-state index contributed by atoms with van der Waals surface area (Å²) in [5, 5.41) is 4.23. The van der Waals surface area contributed by atoms with Crippen molar-refractivity contribution in [2.24, 2.45) is 5.84 Å². The van der Waals surface area contributed by atoms with Gasteiger partial charge in [0.15, 0.2) is 0 Å². The third-order valence-electron chi connectivity index (χ3n) is 3.10. The number of pyridine rings is 1. The van der Waals surface area contributed by atoms with E-state index in [9.17, 15) is 0 Å². The minimum absolute atomic E-state index is 0.276. The van der Waals surface area contributed by atoms with Gasteiger partial charge < -0.3 is 0 Å². The molecule has 1 atom stereocenters. The fourth-order valence-corrected chi connectivity index (χ4v) is 3.63. The van der Waals surface area contributed by atoms with Crippen LogP contribution in [0.1, 0.15) is 17.3 Å². The molecule has 0 saturated heterocycles. The quantitative estimate of drug-likeness (QED) is 0.562. The van der Waals surface area contributed by atoms with E-state index in [0.29, 0.717) is 15.7 Å². The molecule has 0 bridgehead atoms. The zero-order valence-electron chi connectivity index (χ0n) is 10.3. The Kier molecular flexibility index (Phi) is 3.92. The van der Waals surface area contributed by atoms with Gasteiger partial charge >= 0.3 is 0 Å². The zero-order valence-corrected chi connectivity index (χ0v) is 12.6. The molecule has 1 aromatic carbocycles. The van der Waals surface area contributed by atoms with Crippen LogP contribution in [0.15, 0.2) is 41.9 Å². The summed E-state index contributed by atoms with van der Waals surface area (Å²) < 4.78 is 1.17. The Bertz CT molecular complexity index is 757. The Morgan fingerprint density at radius 1 is 1.25 bits per heavy atom. The number of benzene rings is 1. The van der Waals surface area contributed by atoms with Crippen LogP contribution in [0.4, 0.5) is 0 Å². The lowest BCUT2D eigenvalue weighted by molar-refractivity contribution is 0.625. The molecule has 3 N–H and O–H groups in total. The van der Waals surface area contributed by atoms with Gasteiger partial charge in [-0.05, 0) is 28.5 Å². The first-order chi connectivity index (χ1) is 9.70. The lowest BCUT2D eigenvalue weighted by atomic mass is 10.0. The smallest absolute Gasteiger partial charge is 0.0910 e. The fraction of sp³-hybridized carbons (Fsp3) is 0.0714. The van der Waals surface area contributed by atoms with E-state index in [4.69, 9.17) is 29.0 Å². The summed E-state index contributed by atoms with van der Waals surface area (Å²) in [5.74, 6) is 5.73. The molecule has 0 aliphatic carbocycles. The third-order valence-corrected chi connectivity index (χ3v) is 4.59. The minimum Gasteiger partial charge on any atom is -0.271 e. The zero-order chi connectivity index (χ0) is 14.1. The van der Waals surface area contributed by atoms with Crippen molar-refractivity contribution in [2.75, 3.05) is 0 Å². The summed E-state index contributed by atoms with van der Waals surface area (Å²) in [6.45, 7) is 0. The molecule has 0 radical (unpaired) electrons. The number of hydrogen-bond acceptors (Lipinski definition) is 4. The molecular weight excluding hydrogens is 313 g/mol. The van der Waals surface area contributed by atoms with Crippen molar-refractivity contribution in [2.45, 2.75) is 6.04 Å². The number of rotatable bonds is 3. The molecule has 3 aromatic rings. The number of halogens is 2. The highest BCUT2D eigenvalue weighted by Gasteiger charge is 2.20. The van der Waals surface area contributed by atoms with Gasteiger partial charge in [-0.2, -0.15) is 0 Å². The molecule has 2 aromatic heterocycles. The molecule has 102 valence electrons. The average molecular weight is 324 g/mol. The fourth-order valence-electron chi connectivity index (χ4n) is 2.20. The van der Waals surface area contributed by atoms with Crippen molar-refractivity contribution in [1.29, 1.82) is 0 Å². The molecule has 0 aliphatic heterocycles. The van der Waals surface area contributed by atoms with Crippen molar-refractivity contribution in [1.82, 2.24) is 10.4 Å². The molecule has 6 heteroatoms. The van der Waals surface area contributed by atoms with Crippen LogP contribution in [-0.4, -0.2) is 4.98 Å². The summed E-state index contributed by atoms with van der Waals surface area (Å²) in [7, 11) is 0. The summed E-state index contributed by atoms with van der Waals surface area (Å²) in [6, 6.07) is 9.56. The van der Waals surface area contributed by atoms with Crippen molar-refractivity contribution in [3.05, 3.63) is 63.2 Å². The Hall–Kier alpha value is -1.17. The highest BCUT2D eigenvalue weighted by Crippen LogP contribution is 2.34. The predicted molar refractivity (Wildman–Crippen MR) is 85.2 cm³/mol. The van der Waals surface area contributed by atoms with Gasteiger partial charge in [0.25, 0.3) is 0 Å². The van der Waals surface area contributed by atoms with Crippen molar-refractivity contribution in [3.8, 4) is 0 Å². The molecule has 0 aliphatic rings. The molecule has 3 nitrogen and oxygen atoms in total. The molecule has 3 rings (SSSR count). The molecule has 0 amide bonds. The lowest BCUT2D eigenvalue weighted by Gasteiger charge is -2.18. The highest BCUT2D eigenvalue weighted by atomic mass is 35.5. The van der Waals surface area contributed by atoms with Crippen LogP contribution < -0.4 is 11.3 Å². The van der Waals surface area contributed by atoms with Gasteiger partial charge in [-0.3, -0.25) is 10.8 Å².